The van der Waals surface area contributed by atoms with Crippen molar-refractivity contribution in [3.05, 3.63) is 23.8 Å². The molecule has 0 bridgehead atoms. The minimum atomic E-state index is 0.00676. The van der Waals surface area contributed by atoms with Crippen LogP contribution in [0.2, 0.25) is 0 Å². The molecule has 1 aliphatic rings. The maximum atomic E-state index is 12.4. The number of benzene rings is 1. The Morgan fingerprint density at radius 2 is 1.60 bits per heavy atom. The molecule has 1 saturated heterocycles. The highest BCUT2D eigenvalue weighted by atomic mass is 16.5. The lowest BCUT2D eigenvalue weighted by atomic mass is 10.1. The molecule has 0 unspecified atom stereocenters. The Labute approximate surface area is 149 Å². The number of carbonyl (C=O) groups is 2. The molecular weight excluding hydrogens is 320 g/mol. The smallest absolute Gasteiger partial charge is 0.225 e. The first-order chi connectivity index (χ1) is 12.0. The van der Waals surface area contributed by atoms with E-state index in [2.05, 4.69) is 0 Å². The highest BCUT2D eigenvalue weighted by Gasteiger charge is 2.25. The summed E-state index contributed by atoms with van der Waals surface area (Å²) < 4.78 is 10.5. The van der Waals surface area contributed by atoms with Gasteiger partial charge in [0.15, 0.2) is 11.5 Å². The maximum Gasteiger partial charge on any atom is 0.225 e. The lowest BCUT2D eigenvalue weighted by Gasteiger charge is -2.35. The molecule has 0 saturated carbocycles. The van der Waals surface area contributed by atoms with Crippen LogP contribution in [0.25, 0.3) is 0 Å². The van der Waals surface area contributed by atoms with Crippen molar-refractivity contribution in [1.29, 1.82) is 0 Å². The number of carbonyl (C=O) groups excluding carboxylic acids is 2. The predicted octanol–water partition coefficient (Wildman–Crippen LogP) is 1.96. The molecule has 138 valence electrons. The van der Waals surface area contributed by atoms with Crippen LogP contribution in [-0.4, -0.2) is 62.0 Å². The quantitative estimate of drug-likeness (QED) is 0.789. The van der Waals surface area contributed by atoms with Gasteiger partial charge in [0.1, 0.15) is 0 Å². The Morgan fingerprint density at radius 1 is 1.00 bits per heavy atom. The molecule has 0 spiro atoms. The van der Waals surface area contributed by atoms with E-state index in [9.17, 15) is 9.59 Å². The van der Waals surface area contributed by atoms with Gasteiger partial charge in [0.25, 0.3) is 0 Å². The van der Waals surface area contributed by atoms with Gasteiger partial charge in [-0.25, -0.2) is 0 Å². The minimum Gasteiger partial charge on any atom is -0.493 e. The van der Waals surface area contributed by atoms with Gasteiger partial charge in [-0.05, 0) is 24.1 Å². The fourth-order valence-corrected chi connectivity index (χ4v) is 2.99. The Bertz CT molecular complexity index is 607. The van der Waals surface area contributed by atoms with Gasteiger partial charge in [0.2, 0.25) is 11.8 Å². The summed E-state index contributed by atoms with van der Waals surface area (Å²) >= 11 is 0. The van der Waals surface area contributed by atoms with Crippen LogP contribution < -0.4 is 9.47 Å². The van der Waals surface area contributed by atoms with Crippen LogP contribution in [-0.2, 0) is 16.0 Å². The van der Waals surface area contributed by atoms with E-state index in [4.69, 9.17) is 9.47 Å². The van der Waals surface area contributed by atoms with Gasteiger partial charge in [0.05, 0.1) is 14.2 Å². The van der Waals surface area contributed by atoms with E-state index in [1.807, 2.05) is 41.8 Å². The Morgan fingerprint density at radius 3 is 2.16 bits per heavy atom. The van der Waals surface area contributed by atoms with Crippen LogP contribution in [0.4, 0.5) is 0 Å². The molecule has 6 nitrogen and oxygen atoms in total. The average Bonchev–Trinajstić information content (AvgIpc) is 2.65. The van der Waals surface area contributed by atoms with Gasteiger partial charge in [0, 0.05) is 38.5 Å². The molecule has 1 aromatic rings. The number of piperazine rings is 1. The molecule has 0 aromatic heterocycles. The number of aryl methyl sites for hydroxylation is 1. The molecule has 2 amide bonds. The second kappa shape index (κ2) is 8.74. The zero-order valence-electron chi connectivity index (χ0n) is 15.6. The third-order valence-corrected chi connectivity index (χ3v) is 4.51. The third kappa shape index (κ3) is 4.87. The van der Waals surface area contributed by atoms with Crippen molar-refractivity contribution in [1.82, 2.24) is 9.80 Å². The Balaban J connectivity index is 1.84. The number of ether oxygens (including phenoxy) is 2. The van der Waals surface area contributed by atoms with Crippen molar-refractivity contribution in [2.45, 2.75) is 26.7 Å². The van der Waals surface area contributed by atoms with Crippen molar-refractivity contribution < 1.29 is 19.1 Å². The van der Waals surface area contributed by atoms with Gasteiger partial charge in [-0.2, -0.15) is 0 Å². The summed E-state index contributed by atoms with van der Waals surface area (Å²) in [5, 5.41) is 0. The summed E-state index contributed by atoms with van der Waals surface area (Å²) in [4.78, 5) is 28.1. The summed E-state index contributed by atoms with van der Waals surface area (Å²) in [5.74, 6) is 1.66. The minimum absolute atomic E-state index is 0.00676. The van der Waals surface area contributed by atoms with E-state index in [-0.39, 0.29) is 17.7 Å². The summed E-state index contributed by atoms with van der Waals surface area (Å²) in [5.41, 5.74) is 1.04. The Hall–Kier alpha value is -2.24. The van der Waals surface area contributed by atoms with Crippen molar-refractivity contribution in [2.24, 2.45) is 5.92 Å². The first-order valence-corrected chi connectivity index (χ1v) is 8.73. The standard InChI is InChI=1S/C19H28N2O4/c1-14(2)19(23)21-11-9-20(10-12-21)18(22)8-6-15-5-7-16(24-3)17(13-15)25-4/h5,7,13-14H,6,8-12H2,1-4H3. The van der Waals surface area contributed by atoms with Crippen LogP contribution in [0.15, 0.2) is 18.2 Å². The summed E-state index contributed by atoms with van der Waals surface area (Å²) in [6.45, 7) is 6.29. The number of amides is 2. The maximum absolute atomic E-state index is 12.4. The fraction of sp³-hybridized carbons (Fsp3) is 0.579. The molecule has 0 atom stereocenters. The SMILES string of the molecule is COc1ccc(CCC(=O)N2CCN(C(=O)C(C)C)CC2)cc1OC. The average molecular weight is 348 g/mol. The molecule has 1 fully saturated rings. The number of hydrogen-bond donors (Lipinski definition) is 0. The normalized spacial score (nSPS) is 14.6. The van der Waals surface area contributed by atoms with E-state index in [0.717, 1.165) is 5.56 Å². The highest BCUT2D eigenvalue weighted by molar-refractivity contribution is 5.79. The highest BCUT2D eigenvalue weighted by Crippen LogP contribution is 2.28. The van der Waals surface area contributed by atoms with Gasteiger partial charge in [-0.3, -0.25) is 9.59 Å². The second-order valence-corrected chi connectivity index (χ2v) is 6.55. The van der Waals surface area contributed by atoms with Crippen LogP contribution in [0.3, 0.4) is 0 Å². The van der Waals surface area contributed by atoms with E-state index in [0.29, 0.717) is 50.5 Å². The molecule has 2 rings (SSSR count). The molecule has 6 heteroatoms. The lowest BCUT2D eigenvalue weighted by molar-refractivity contribution is -0.141. The molecule has 1 aromatic carbocycles. The van der Waals surface area contributed by atoms with Gasteiger partial charge < -0.3 is 19.3 Å². The molecule has 0 N–H and O–H groups in total. The zero-order valence-corrected chi connectivity index (χ0v) is 15.6. The van der Waals surface area contributed by atoms with E-state index in [1.165, 1.54) is 0 Å². The first-order valence-electron chi connectivity index (χ1n) is 8.73. The number of methoxy groups -OCH3 is 2. The number of hydrogen-bond acceptors (Lipinski definition) is 4. The lowest BCUT2D eigenvalue weighted by Crippen LogP contribution is -2.51. The van der Waals surface area contributed by atoms with Crippen LogP contribution in [0.1, 0.15) is 25.8 Å². The topological polar surface area (TPSA) is 59.1 Å². The number of rotatable bonds is 6. The Kier molecular flexibility index (Phi) is 6.67. The van der Waals surface area contributed by atoms with E-state index >= 15 is 0 Å². The molecule has 1 heterocycles. The van der Waals surface area contributed by atoms with Crippen LogP contribution >= 0.6 is 0 Å². The van der Waals surface area contributed by atoms with Crippen LogP contribution in [0, 0.1) is 5.92 Å². The molecule has 1 aliphatic heterocycles. The number of nitrogens with zero attached hydrogens (tertiary/aromatic N) is 2. The van der Waals surface area contributed by atoms with Crippen molar-refractivity contribution in [3.8, 4) is 11.5 Å². The zero-order chi connectivity index (χ0) is 18.4. The van der Waals surface area contributed by atoms with Crippen molar-refractivity contribution >= 4 is 11.8 Å². The van der Waals surface area contributed by atoms with Crippen LogP contribution in [0.5, 0.6) is 11.5 Å². The predicted molar refractivity (Wildman–Crippen MR) is 95.9 cm³/mol. The molecule has 25 heavy (non-hydrogen) atoms. The molecule has 0 aliphatic carbocycles. The van der Waals surface area contributed by atoms with Gasteiger partial charge in [-0.1, -0.05) is 19.9 Å². The summed E-state index contributed by atoms with van der Waals surface area (Å²) in [6.07, 6.45) is 1.11. The summed E-state index contributed by atoms with van der Waals surface area (Å²) in [7, 11) is 3.20. The second-order valence-electron chi connectivity index (χ2n) is 6.55. The van der Waals surface area contributed by atoms with Gasteiger partial charge in [-0.15, -0.1) is 0 Å². The summed E-state index contributed by atoms with van der Waals surface area (Å²) in [6, 6.07) is 5.72. The molecule has 0 radical (unpaired) electrons. The van der Waals surface area contributed by atoms with Crippen molar-refractivity contribution in [2.75, 3.05) is 40.4 Å². The monoisotopic (exact) mass is 348 g/mol. The van der Waals surface area contributed by atoms with E-state index in [1.54, 1.807) is 14.2 Å². The van der Waals surface area contributed by atoms with E-state index < -0.39 is 0 Å². The largest absolute Gasteiger partial charge is 0.493 e. The molecular formula is C19H28N2O4. The van der Waals surface area contributed by atoms with Gasteiger partial charge >= 0.3 is 0 Å². The third-order valence-electron chi connectivity index (χ3n) is 4.51. The first kappa shape index (κ1) is 19.1. The van der Waals surface area contributed by atoms with Crippen molar-refractivity contribution in [3.63, 3.8) is 0 Å². The fourth-order valence-electron chi connectivity index (χ4n) is 2.99.